The molecule has 0 aromatic heterocycles. The summed E-state index contributed by atoms with van der Waals surface area (Å²) >= 11 is 3.45. The van der Waals surface area contributed by atoms with Gasteiger partial charge in [0.25, 0.3) is 0 Å². The number of nitrogen functional groups attached to an aromatic ring is 1. The fraction of sp³-hybridized carbons (Fsp3) is 0.462. The largest absolute Gasteiger partial charge is 0.396 e. The van der Waals surface area contributed by atoms with Crippen molar-refractivity contribution in [2.24, 2.45) is 11.7 Å². The smallest absolute Gasteiger partial charge is 0.123 e. The minimum atomic E-state index is 0.0763. The topological polar surface area (TPSA) is 73.3 Å². The summed E-state index contributed by atoms with van der Waals surface area (Å²) in [6, 6.07) is 5.89. The quantitative estimate of drug-likeness (QED) is 0.590. The molecule has 0 saturated carbocycles. The van der Waals surface area contributed by atoms with Crippen molar-refractivity contribution in [3.8, 4) is 0 Å². The van der Waals surface area contributed by atoms with Crippen LogP contribution in [0.25, 0.3) is 0 Å². The van der Waals surface area contributed by atoms with Crippen molar-refractivity contribution in [2.45, 2.75) is 12.8 Å². The first-order valence-electron chi connectivity index (χ1n) is 6.11. The molecule has 0 amide bonds. The molecule has 1 aromatic rings. The number of benzene rings is 1. The number of amidine groups is 1. The van der Waals surface area contributed by atoms with Crippen LogP contribution in [-0.4, -0.2) is 30.6 Å². The van der Waals surface area contributed by atoms with Gasteiger partial charge in [-0.15, -0.1) is 0 Å². The molecule has 5 heteroatoms. The second-order valence-corrected chi connectivity index (χ2v) is 5.55. The number of hydrogen-bond donors (Lipinski definition) is 3. The van der Waals surface area contributed by atoms with Gasteiger partial charge >= 0.3 is 0 Å². The molecule has 4 nitrogen and oxygen atoms in total. The molecule has 1 aliphatic rings. The average molecular weight is 312 g/mol. The number of nitrogens with zero attached hydrogens (tertiary/aromatic N) is 1. The number of hydrogen-bond acceptors (Lipinski definition) is 3. The minimum absolute atomic E-state index is 0.0763. The maximum atomic E-state index is 9.13. The van der Waals surface area contributed by atoms with Gasteiger partial charge in [-0.2, -0.15) is 0 Å². The van der Waals surface area contributed by atoms with Gasteiger partial charge in [-0.25, -0.2) is 0 Å². The standard InChI is InChI=1S/C13H18BrN3O/c14-12-7-10(1-2-11(12)13(15)16)17-5-3-9(8-18)4-6-17/h1-2,7,9,18H,3-6,8H2,(H3,15,16). The van der Waals surface area contributed by atoms with Gasteiger partial charge in [0.1, 0.15) is 5.84 Å². The summed E-state index contributed by atoms with van der Waals surface area (Å²) in [6.07, 6.45) is 2.06. The molecule has 0 unspecified atom stereocenters. The summed E-state index contributed by atoms with van der Waals surface area (Å²) in [7, 11) is 0. The lowest BCUT2D eigenvalue weighted by Gasteiger charge is -2.33. The minimum Gasteiger partial charge on any atom is -0.396 e. The Hall–Kier alpha value is -1.07. The van der Waals surface area contributed by atoms with Gasteiger partial charge < -0.3 is 15.7 Å². The molecule has 0 atom stereocenters. The fourth-order valence-corrected chi connectivity index (χ4v) is 2.87. The highest BCUT2D eigenvalue weighted by atomic mass is 79.9. The van der Waals surface area contributed by atoms with E-state index in [1.54, 1.807) is 0 Å². The van der Waals surface area contributed by atoms with Crippen LogP contribution in [-0.2, 0) is 0 Å². The molecule has 1 aromatic carbocycles. The molecule has 0 spiro atoms. The van der Waals surface area contributed by atoms with E-state index >= 15 is 0 Å². The van der Waals surface area contributed by atoms with E-state index in [0.29, 0.717) is 12.5 Å². The Kier molecular flexibility index (Phi) is 4.24. The van der Waals surface area contributed by atoms with Gasteiger partial charge in [-0.05, 0) is 52.9 Å². The lowest BCUT2D eigenvalue weighted by Crippen LogP contribution is -2.34. The Morgan fingerprint density at radius 3 is 2.61 bits per heavy atom. The van der Waals surface area contributed by atoms with Crippen molar-refractivity contribution in [3.63, 3.8) is 0 Å². The third-order valence-electron chi connectivity index (χ3n) is 3.48. The molecule has 4 N–H and O–H groups in total. The second kappa shape index (κ2) is 5.71. The van der Waals surface area contributed by atoms with Gasteiger partial charge in [0.2, 0.25) is 0 Å². The van der Waals surface area contributed by atoms with Crippen molar-refractivity contribution < 1.29 is 5.11 Å². The van der Waals surface area contributed by atoms with Crippen LogP contribution in [0.15, 0.2) is 22.7 Å². The van der Waals surface area contributed by atoms with E-state index in [0.717, 1.165) is 41.7 Å². The van der Waals surface area contributed by atoms with Gasteiger partial charge in [0, 0.05) is 35.4 Å². The number of nitrogens with one attached hydrogen (secondary N) is 1. The lowest BCUT2D eigenvalue weighted by atomic mass is 9.97. The number of rotatable bonds is 3. The van der Waals surface area contributed by atoms with Gasteiger partial charge in [-0.1, -0.05) is 0 Å². The molecule has 0 radical (unpaired) electrons. The third kappa shape index (κ3) is 2.84. The van der Waals surface area contributed by atoms with Crippen molar-refractivity contribution in [3.05, 3.63) is 28.2 Å². The Labute approximate surface area is 115 Å². The number of aliphatic hydroxyl groups excluding tert-OH is 1. The summed E-state index contributed by atoms with van der Waals surface area (Å²) in [4.78, 5) is 2.31. The summed E-state index contributed by atoms with van der Waals surface area (Å²) in [5.74, 6) is 0.522. The van der Waals surface area contributed by atoms with Crippen molar-refractivity contribution in [1.29, 1.82) is 5.41 Å². The van der Waals surface area contributed by atoms with Crippen molar-refractivity contribution in [2.75, 3.05) is 24.6 Å². The van der Waals surface area contributed by atoms with E-state index < -0.39 is 0 Å². The highest BCUT2D eigenvalue weighted by Crippen LogP contribution is 2.27. The number of piperidine rings is 1. The zero-order valence-electron chi connectivity index (χ0n) is 10.2. The number of anilines is 1. The van der Waals surface area contributed by atoms with Crippen LogP contribution in [0.1, 0.15) is 18.4 Å². The number of aliphatic hydroxyl groups is 1. The fourth-order valence-electron chi connectivity index (χ4n) is 2.29. The molecule has 0 aliphatic carbocycles. The zero-order valence-corrected chi connectivity index (χ0v) is 11.8. The van der Waals surface area contributed by atoms with E-state index in [1.165, 1.54) is 0 Å². The highest BCUT2D eigenvalue weighted by Gasteiger charge is 2.19. The van der Waals surface area contributed by atoms with Crippen LogP contribution < -0.4 is 10.6 Å². The molecule has 1 saturated heterocycles. The SMILES string of the molecule is N=C(N)c1ccc(N2CCC(CO)CC2)cc1Br. The Morgan fingerprint density at radius 1 is 1.44 bits per heavy atom. The summed E-state index contributed by atoms with van der Waals surface area (Å²) in [5, 5.41) is 16.6. The summed E-state index contributed by atoms with van der Waals surface area (Å²) in [6.45, 7) is 2.23. The molecule has 1 fully saturated rings. The van der Waals surface area contributed by atoms with Crippen LogP contribution in [0.3, 0.4) is 0 Å². The zero-order chi connectivity index (χ0) is 13.1. The molecular formula is C13H18BrN3O. The van der Waals surface area contributed by atoms with Crippen LogP contribution in [0.2, 0.25) is 0 Å². The monoisotopic (exact) mass is 311 g/mol. The Balaban J connectivity index is 2.11. The maximum absolute atomic E-state index is 9.13. The van der Waals surface area contributed by atoms with E-state index in [1.807, 2.05) is 18.2 Å². The lowest BCUT2D eigenvalue weighted by molar-refractivity contribution is 0.203. The van der Waals surface area contributed by atoms with Crippen LogP contribution in [0.4, 0.5) is 5.69 Å². The highest BCUT2D eigenvalue weighted by molar-refractivity contribution is 9.10. The molecule has 0 bridgehead atoms. The van der Waals surface area contributed by atoms with Crippen molar-refractivity contribution in [1.82, 2.24) is 0 Å². The first kappa shape index (κ1) is 13.4. The normalized spacial score (nSPS) is 16.9. The van der Waals surface area contributed by atoms with Gasteiger partial charge in [0.05, 0.1) is 0 Å². The number of halogens is 1. The Morgan fingerprint density at radius 2 is 2.11 bits per heavy atom. The summed E-state index contributed by atoms with van der Waals surface area (Å²) in [5.41, 5.74) is 7.36. The maximum Gasteiger partial charge on any atom is 0.123 e. The third-order valence-corrected chi connectivity index (χ3v) is 4.14. The van der Waals surface area contributed by atoms with E-state index in [4.69, 9.17) is 16.2 Å². The van der Waals surface area contributed by atoms with Crippen LogP contribution >= 0.6 is 15.9 Å². The molecule has 1 aliphatic heterocycles. The molecule has 1 heterocycles. The van der Waals surface area contributed by atoms with Gasteiger partial charge in [0.15, 0.2) is 0 Å². The predicted molar refractivity (Wildman–Crippen MR) is 77.2 cm³/mol. The van der Waals surface area contributed by atoms with E-state index in [-0.39, 0.29) is 5.84 Å². The Bertz CT molecular complexity index is 442. The molecular weight excluding hydrogens is 294 g/mol. The van der Waals surface area contributed by atoms with Crippen LogP contribution in [0.5, 0.6) is 0 Å². The molecule has 18 heavy (non-hydrogen) atoms. The first-order valence-corrected chi connectivity index (χ1v) is 6.91. The van der Waals surface area contributed by atoms with Crippen molar-refractivity contribution >= 4 is 27.5 Å². The number of nitrogens with two attached hydrogens (primary N) is 1. The van der Waals surface area contributed by atoms with E-state index in [9.17, 15) is 0 Å². The molecule has 98 valence electrons. The average Bonchev–Trinajstić information content (AvgIpc) is 2.38. The van der Waals surface area contributed by atoms with E-state index in [2.05, 4.69) is 20.8 Å². The van der Waals surface area contributed by atoms with Crippen LogP contribution in [0, 0.1) is 11.3 Å². The second-order valence-electron chi connectivity index (χ2n) is 4.69. The molecule has 2 rings (SSSR count). The predicted octanol–water partition coefficient (Wildman–Crippen LogP) is 1.94. The van der Waals surface area contributed by atoms with Gasteiger partial charge in [-0.3, -0.25) is 5.41 Å². The first-order chi connectivity index (χ1) is 8.61. The summed E-state index contributed by atoms with van der Waals surface area (Å²) < 4.78 is 0.858.